The zero-order valence-electron chi connectivity index (χ0n) is 19.5. The molecule has 0 aliphatic carbocycles. The van der Waals surface area contributed by atoms with Crippen molar-refractivity contribution in [3.05, 3.63) is 82.5 Å². The minimum atomic E-state index is 0.0920. The van der Waals surface area contributed by atoms with Gasteiger partial charge in [0.1, 0.15) is 11.0 Å². The molecule has 0 radical (unpaired) electrons. The van der Waals surface area contributed by atoms with E-state index in [2.05, 4.69) is 35.9 Å². The highest BCUT2D eigenvalue weighted by atomic mass is 35.5. The fourth-order valence-corrected chi connectivity index (χ4v) is 4.59. The Morgan fingerprint density at radius 1 is 0.939 bits per heavy atom. The van der Waals surface area contributed by atoms with E-state index in [-0.39, 0.29) is 5.91 Å². The van der Waals surface area contributed by atoms with Crippen molar-refractivity contribution in [1.82, 2.24) is 14.9 Å². The Morgan fingerprint density at radius 3 is 2.33 bits per heavy atom. The minimum Gasteiger partial charge on any atom is -0.355 e. The van der Waals surface area contributed by atoms with Crippen molar-refractivity contribution in [2.75, 3.05) is 25.0 Å². The van der Waals surface area contributed by atoms with E-state index in [4.69, 9.17) is 16.6 Å². The number of nitrogens with zero attached hydrogens (tertiary/aromatic N) is 4. The first-order valence-corrected chi connectivity index (χ1v) is 12.7. The first-order chi connectivity index (χ1) is 16.0. The van der Waals surface area contributed by atoms with Gasteiger partial charge in [-0.15, -0.1) is 0 Å². The number of benzene rings is 2. The van der Waals surface area contributed by atoms with Gasteiger partial charge in [0.2, 0.25) is 0 Å². The van der Waals surface area contributed by atoms with E-state index in [0.717, 1.165) is 49.4 Å². The van der Waals surface area contributed by atoms with E-state index in [1.54, 1.807) is 6.07 Å². The monoisotopic (exact) mass is 482 g/mol. The number of carbonyl (C=O) groups is 1. The van der Waals surface area contributed by atoms with E-state index in [9.17, 15) is 4.79 Å². The number of thioether (sulfide) groups is 1. The lowest BCUT2D eigenvalue weighted by atomic mass is 10.1. The van der Waals surface area contributed by atoms with Crippen molar-refractivity contribution in [3.8, 4) is 0 Å². The molecule has 1 heterocycles. The molecule has 3 rings (SSSR count). The van der Waals surface area contributed by atoms with Gasteiger partial charge in [0.25, 0.3) is 5.91 Å². The molecule has 7 heteroatoms. The Labute approximate surface area is 206 Å². The van der Waals surface area contributed by atoms with Crippen molar-refractivity contribution >= 4 is 35.1 Å². The Balaban J connectivity index is 1.68. The molecule has 33 heavy (non-hydrogen) atoms. The molecular weight excluding hydrogens is 452 g/mol. The number of hydrogen-bond donors (Lipinski definition) is 0. The molecule has 174 valence electrons. The van der Waals surface area contributed by atoms with Gasteiger partial charge in [-0.25, -0.2) is 9.97 Å². The average molecular weight is 483 g/mol. The topological polar surface area (TPSA) is 49.3 Å². The Morgan fingerprint density at radius 2 is 1.64 bits per heavy atom. The molecule has 0 atom stereocenters. The van der Waals surface area contributed by atoms with Crippen LogP contribution in [0.5, 0.6) is 0 Å². The molecule has 0 N–H and O–H groups in total. The normalized spacial score (nSPS) is 10.8. The van der Waals surface area contributed by atoms with E-state index >= 15 is 0 Å². The van der Waals surface area contributed by atoms with Crippen LogP contribution in [-0.2, 0) is 12.3 Å². The molecule has 0 spiro atoms. The predicted octanol–water partition coefficient (Wildman–Crippen LogP) is 6.32. The standard InChI is InChI=1S/C26H31ClN4OS/c1-4-14-31(15-5-2)25(32)22-13-9-12-21(16-22)19-33-26-28-23(27)17-24(29-26)30(3)18-20-10-7-6-8-11-20/h6-13,16-17H,4-5,14-15,18-19H2,1-3H3. The van der Waals surface area contributed by atoms with Crippen LogP contribution in [0, 0.1) is 0 Å². The Hall–Kier alpha value is -2.57. The molecule has 0 unspecified atom stereocenters. The first-order valence-electron chi connectivity index (χ1n) is 11.3. The Kier molecular flexibility index (Phi) is 9.58. The molecule has 3 aromatic rings. The van der Waals surface area contributed by atoms with Crippen LogP contribution < -0.4 is 4.90 Å². The summed E-state index contributed by atoms with van der Waals surface area (Å²) in [5, 5.41) is 1.04. The first kappa shape index (κ1) is 25.1. The summed E-state index contributed by atoms with van der Waals surface area (Å²) < 4.78 is 0. The van der Waals surface area contributed by atoms with Crippen LogP contribution >= 0.6 is 23.4 Å². The lowest BCUT2D eigenvalue weighted by Gasteiger charge is -2.21. The number of amides is 1. The summed E-state index contributed by atoms with van der Waals surface area (Å²) in [6, 6.07) is 19.9. The van der Waals surface area contributed by atoms with Gasteiger partial charge in [-0.2, -0.15) is 0 Å². The number of aromatic nitrogens is 2. The maximum atomic E-state index is 12.9. The second-order valence-electron chi connectivity index (χ2n) is 7.95. The molecule has 0 aliphatic heterocycles. The van der Waals surface area contributed by atoms with Crippen LogP contribution in [-0.4, -0.2) is 40.9 Å². The van der Waals surface area contributed by atoms with Gasteiger partial charge in [-0.05, 0) is 36.1 Å². The fraction of sp³-hybridized carbons (Fsp3) is 0.346. The predicted molar refractivity (Wildman–Crippen MR) is 138 cm³/mol. The van der Waals surface area contributed by atoms with Crippen molar-refractivity contribution in [2.45, 2.75) is 44.1 Å². The highest BCUT2D eigenvalue weighted by Gasteiger charge is 2.15. The van der Waals surface area contributed by atoms with E-state index in [1.165, 1.54) is 17.3 Å². The van der Waals surface area contributed by atoms with Gasteiger partial charge in [-0.1, -0.05) is 79.7 Å². The smallest absolute Gasteiger partial charge is 0.253 e. The SMILES string of the molecule is CCCN(CCC)C(=O)c1cccc(CSc2nc(Cl)cc(N(C)Cc3ccccc3)n2)c1. The quantitative estimate of drug-likeness (QED) is 0.182. The van der Waals surface area contributed by atoms with E-state index in [1.807, 2.05) is 54.4 Å². The molecule has 0 bridgehead atoms. The number of hydrogen-bond acceptors (Lipinski definition) is 5. The van der Waals surface area contributed by atoms with Gasteiger partial charge >= 0.3 is 0 Å². The van der Waals surface area contributed by atoms with Crippen molar-refractivity contribution in [3.63, 3.8) is 0 Å². The highest BCUT2D eigenvalue weighted by molar-refractivity contribution is 7.98. The van der Waals surface area contributed by atoms with E-state index < -0.39 is 0 Å². The maximum Gasteiger partial charge on any atom is 0.253 e. The summed E-state index contributed by atoms with van der Waals surface area (Å²) in [5.74, 6) is 1.53. The molecule has 1 aromatic heterocycles. The molecule has 5 nitrogen and oxygen atoms in total. The molecule has 0 saturated heterocycles. The summed E-state index contributed by atoms with van der Waals surface area (Å²) in [7, 11) is 1.99. The summed E-state index contributed by atoms with van der Waals surface area (Å²) in [6.45, 7) is 6.48. The number of halogens is 1. The van der Waals surface area contributed by atoms with E-state index in [0.29, 0.717) is 16.1 Å². The molecule has 0 fully saturated rings. The zero-order chi connectivity index (χ0) is 23.6. The van der Waals surface area contributed by atoms with Crippen LogP contribution in [0.3, 0.4) is 0 Å². The molecule has 1 amide bonds. The van der Waals surface area contributed by atoms with Crippen LogP contribution in [0.25, 0.3) is 0 Å². The fourth-order valence-electron chi connectivity index (χ4n) is 3.56. The van der Waals surface area contributed by atoms with Crippen molar-refractivity contribution < 1.29 is 4.79 Å². The van der Waals surface area contributed by atoms with Crippen LogP contribution in [0.1, 0.15) is 48.2 Å². The van der Waals surface area contributed by atoms with Gasteiger partial charge in [-0.3, -0.25) is 4.79 Å². The van der Waals surface area contributed by atoms with Crippen molar-refractivity contribution in [1.29, 1.82) is 0 Å². The third-order valence-electron chi connectivity index (χ3n) is 5.13. The zero-order valence-corrected chi connectivity index (χ0v) is 21.1. The molecule has 0 aliphatic rings. The van der Waals surface area contributed by atoms with Crippen LogP contribution in [0.2, 0.25) is 5.15 Å². The van der Waals surface area contributed by atoms with Crippen molar-refractivity contribution in [2.24, 2.45) is 0 Å². The summed E-state index contributed by atoms with van der Waals surface area (Å²) in [4.78, 5) is 26.0. The second kappa shape index (κ2) is 12.6. The summed E-state index contributed by atoms with van der Waals surface area (Å²) in [6.07, 6.45) is 1.91. The number of anilines is 1. The van der Waals surface area contributed by atoms with Gasteiger partial charge in [0, 0.05) is 44.1 Å². The molecule has 2 aromatic carbocycles. The third-order valence-corrected chi connectivity index (χ3v) is 6.24. The molecular formula is C26H31ClN4OS. The summed E-state index contributed by atoms with van der Waals surface area (Å²) >= 11 is 7.82. The largest absolute Gasteiger partial charge is 0.355 e. The lowest BCUT2D eigenvalue weighted by molar-refractivity contribution is 0.0755. The van der Waals surface area contributed by atoms with Gasteiger partial charge in [0.15, 0.2) is 5.16 Å². The maximum absolute atomic E-state index is 12.9. The van der Waals surface area contributed by atoms with Crippen LogP contribution in [0.15, 0.2) is 65.8 Å². The number of rotatable bonds is 11. The highest BCUT2D eigenvalue weighted by Crippen LogP contribution is 2.25. The van der Waals surface area contributed by atoms with Gasteiger partial charge < -0.3 is 9.80 Å². The average Bonchev–Trinajstić information content (AvgIpc) is 2.82. The van der Waals surface area contributed by atoms with Crippen LogP contribution in [0.4, 0.5) is 5.82 Å². The minimum absolute atomic E-state index is 0.0920. The van der Waals surface area contributed by atoms with Gasteiger partial charge in [0.05, 0.1) is 0 Å². The number of carbonyl (C=O) groups excluding carboxylic acids is 1. The lowest BCUT2D eigenvalue weighted by Crippen LogP contribution is -2.32. The third kappa shape index (κ3) is 7.47. The summed E-state index contributed by atoms with van der Waals surface area (Å²) in [5.41, 5.74) is 2.98. The Bertz CT molecular complexity index is 1040. The molecule has 0 saturated carbocycles. The second-order valence-corrected chi connectivity index (χ2v) is 9.28.